The molecule has 1 atom stereocenters. The minimum atomic E-state index is -4.13. The lowest BCUT2D eigenvalue weighted by Gasteiger charge is -2.20. The predicted octanol–water partition coefficient (Wildman–Crippen LogP) is 0.673. The number of carbonyl (C=O) groups is 2. The summed E-state index contributed by atoms with van der Waals surface area (Å²) in [5.74, 6) is -0.844. The van der Waals surface area contributed by atoms with Crippen LogP contribution in [0.3, 0.4) is 0 Å². The van der Waals surface area contributed by atoms with E-state index in [0.29, 0.717) is 25.3 Å². The molecule has 176 valence electrons. The largest absolute Gasteiger partial charge is 0.480 e. The second-order valence-electron chi connectivity index (χ2n) is 6.65. The van der Waals surface area contributed by atoms with E-state index in [2.05, 4.69) is 25.2 Å². The molecular weight excluding hydrogens is 456 g/mol. The number of aromatic nitrogens is 3. The van der Waals surface area contributed by atoms with Crippen LogP contribution in [0.4, 0.5) is 11.8 Å². The van der Waals surface area contributed by atoms with E-state index in [-0.39, 0.29) is 23.3 Å². The van der Waals surface area contributed by atoms with Crippen molar-refractivity contribution in [2.45, 2.75) is 17.4 Å². The fourth-order valence-corrected chi connectivity index (χ4v) is 3.87. The lowest BCUT2D eigenvalue weighted by atomic mass is 10.3. The summed E-state index contributed by atoms with van der Waals surface area (Å²) in [6, 6.07) is 6.95. The Morgan fingerprint density at radius 2 is 2.12 bits per heavy atom. The van der Waals surface area contributed by atoms with Gasteiger partial charge in [-0.1, -0.05) is 18.2 Å². The molecule has 0 aliphatic rings. The highest BCUT2D eigenvalue weighted by molar-refractivity contribution is 7.89. The van der Waals surface area contributed by atoms with Gasteiger partial charge in [0.05, 0.1) is 24.1 Å². The van der Waals surface area contributed by atoms with Crippen molar-refractivity contribution in [2.75, 3.05) is 29.9 Å². The van der Waals surface area contributed by atoms with Crippen molar-refractivity contribution in [3.63, 3.8) is 0 Å². The number of H-pyrrole nitrogens is 1. The summed E-state index contributed by atoms with van der Waals surface area (Å²) in [5.41, 5.74) is 0. The van der Waals surface area contributed by atoms with Gasteiger partial charge in [-0.3, -0.25) is 14.5 Å². The van der Waals surface area contributed by atoms with Crippen LogP contribution in [-0.2, 0) is 19.6 Å². The second-order valence-corrected chi connectivity index (χ2v) is 8.37. The maximum absolute atomic E-state index is 12.5. The normalized spacial score (nSPS) is 12.1. The Morgan fingerprint density at radius 3 is 2.79 bits per heavy atom. The molecule has 1 aromatic carbocycles. The van der Waals surface area contributed by atoms with Crippen LogP contribution in [0.15, 0.2) is 58.2 Å². The summed E-state index contributed by atoms with van der Waals surface area (Å²) in [6.45, 7) is 0.336. The first-order valence-corrected chi connectivity index (χ1v) is 11.2. The van der Waals surface area contributed by atoms with Crippen LogP contribution in [0, 0.1) is 0 Å². The maximum atomic E-state index is 12.5. The van der Waals surface area contributed by atoms with Gasteiger partial charge in [-0.05, 0) is 23.7 Å². The number of aliphatic carboxylic acids is 1. The molecule has 0 radical (unpaired) electrons. The Hall–Kier alpha value is -3.91. The smallest absolute Gasteiger partial charge is 0.323 e. The van der Waals surface area contributed by atoms with Crippen LogP contribution < -0.4 is 19.7 Å². The van der Waals surface area contributed by atoms with Crippen LogP contribution in [0.2, 0.25) is 0 Å². The minimum Gasteiger partial charge on any atom is -0.480 e. The number of hydrogen-bond acceptors (Lipinski definition) is 9. The Kier molecular flexibility index (Phi) is 7.99. The predicted molar refractivity (Wildman–Crippen MR) is 115 cm³/mol. The fourth-order valence-electron chi connectivity index (χ4n) is 2.67. The van der Waals surface area contributed by atoms with E-state index in [9.17, 15) is 23.1 Å². The summed E-state index contributed by atoms with van der Waals surface area (Å²) in [5, 5.41) is 16.2. The molecule has 2 aromatic heterocycles. The average Bonchev–Trinajstić information content (AvgIpc) is 3.49. The third-order valence-electron chi connectivity index (χ3n) is 4.28. The minimum absolute atomic E-state index is 0.0894. The van der Waals surface area contributed by atoms with Crippen molar-refractivity contribution < 1.29 is 32.4 Å². The number of nitrogens with zero attached hydrogens (tertiary/aromatic N) is 3. The van der Waals surface area contributed by atoms with Crippen molar-refractivity contribution in [3.8, 4) is 5.88 Å². The Bertz CT molecular complexity index is 1130. The fraction of sp³-hybridized carbons (Fsp3) is 0.263. The zero-order valence-corrected chi connectivity index (χ0v) is 18.1. The van der Waals surface area contributed by atoms with Gasteiger partial charge in [0.1, 0.15) is 6.04 Å². The molecule has 3 aromatic rings. The van der Waals surface area contributed by atoms with Crippen LogP contribution >= 0.6 is 0 Å². The number of carbonyl (C=O) groups excluding carboxylic acids is 1. The molecule has 0 spiro atoms. The number of rotatable bonds is 14. The molecular formula is C19H22N6O7S. The van der Waals surface area contributed by atoms with E-state index in [1.54, 1.807) is 18.5 Å². The number of sulfonamides is 1. The average molecular weight is 478 g/mol. The first kappa shape index (κ1) is 23.7. The van der Waals surface area contributed by atoms with Gasteiger partial charge >= 0.3 is 5.97 Å². The highest BCUT2D eigenvalue weighted by Crippen LogP contribution is 2.20. The molecule has 1 unspecified atom stereocenters. The SMILES string of the molecule is O=CN(CC(NS(=O)(=O)c1ccccc1)C(=O)O)c1cc(OCCCNc2ncc[nH]2)no1. The zero-order valence-electron chi connectivity index (χ0n) is 17.2. The summed E-state index contributed by atoms with van der Waals surface area (Å²) in [4.78, 5) is 30.9. The molecule has 0 bridgehead atoms. The van der Waals surface area contributed by atoms with Crippen LogP contribution in [-0.4, -0.2) is 66.8 Å². The van der Waals surface area contributed by atoms with Gasteiger partial charge in [0, 0.05) is 18.9 Å². The number of carboxylic acids is 1. The first-order chi connectivity index (χ1) is 15.9. The monoisotopic (exact) mass is 478 g/mol. The van der Waals surface area contributed by atoms with E-state index in [1.807, 2.05) is 0 Å². The zero-order chi connectivity index (χ0) is 23.7. The van der Waals surface area contributed by atoms with Gasteiger partial charge in [-0.15, -0.1) is 0 Å². The molecule has 1 amide bonds. The van der Waals surface area contributed by atoms with Gasteiger partial charge in [-0.25, -0.2) is 13.4 Å². The third kappa shape index (κ3) is 6.78. The lowest BCUT2D eigenvalue weighted by Crippen LogP contribution is -2.48. The molecule has 0 aliphatic carbocycles. The van der Waals surface area contributed by atoms with Crippen molar-refractivity contribution in [1.29, 1.82) is 0 Å². The first-order valence-electron chi connectivity index (χ1n) is 9.74. The number of hydrogen-bond donors (Lipinski definition) is 4. The topological polar surface area (TPSA) is 180 Å². The molecule has 0 saturated heterocycles. The number of carboxylic acid groups (broad SMARTS) is 1. The maximum Gasteiger partial charge on any atom is 0.323 e. The summed E-state index contributed by atoms with van der Waals surface area (Å²) in [7, 11) is -4.13. The standard InChI is InChI=1S/C19H22N6O7S/c26-13-25(12-15(18(27)28)24-33(29,30)14-5-2-1-3-6-14)17-11-16(23-32-17)31-10-4-7-20-19-21-8-9-22-19/h1-3,5-6,8-9,11,13,15,24H,4,7,10,12H2,(H,27,28)(H2,20,21,22). The molecule has 2 heterocycles. The van der Waals surface area contributed by atoms with Crippen molar-refractivity contribution in [2.24, 2.45) is 0 Å². The summed E-state index contributed by atoms with van der Waals surface area (Å²) >= 11 is 0. The van der Waals surface area contributed by atoms with Crippen molar-refractivity contribution >= 4 is 34.2 Å². The lowest BCUT2D eigenvalue weighted by molar-refractivity contribution is -0.138. The number of benzene rings is 1. The molecule has 0 fully saturated rings. The Labute approximate surface area is 188 Å². The molecule has 14 heteroatoms. The highest BCUT2D eigenvalue weighted by atomic mass is 32.2. The van der Waals surface area contributed by atoms with Gasteiger partial charge < -0.3 is 24.7 Å². The molecule has 0 saturated carbocycles. The van der Waals surface area contributed by atoms with Crippen LogP contribution in [0.5, 0.6) is 5.88 Å². The third-order valence-corrected chi connectivity index (χ3v) is 5.76. The van der Waals surface area contributed by atoms with E-state index in [0.717, 1.165) is 4.90 Å². The summed E-state index contributed by atoms with van der Waals surface area (Å²) < 4.78 is 37.5. The van der Waals surface area contributed by atoms with E-state index in [1.165, 1.54) is 30.3 Å². The van der Waals surface area contributed by atoms with E-state index in [4.69, 9.17) is 9.26 Å². The number of anilines is 2. The van der Waals surface area contributed by atoms with Crippen molar-refractivity contribution in [3.05, 3.63) is 48.8 Å². The number of imidazole rings is 1. The van der Waals surface area contributed by atoms with E-state index >= 15 is 0 Å². The molecule has 3 rings (SSSR count). The van der Waals surface area contributed by atoms with Crippen LogP contribution in [0.1, 0.15) is 6.42 Å². The second kappa shape index (κ2) is 11.1. The highest BCUT2D eigenvalue weighted by Gasteiger charge is 2.29. The number of aromatic amines is 1. The molecule has 0 aliphatic heterocycles. The summed E-state index contributed by atoms with van der Waals surface area (Å²) in [6.07, 6.45) is 4.24. The van der Waals surface area contributed by atoms with E-state index < -0.39 is 28.6 Å². The molecule has 33 heavy (non-hydrogen) atoms. The number of ether oxygens (including phenoxy) is 1. The Balaban J connectivity index is 1.55. The van der Waals surface area contributed by atoms with Gasteiger partial charge in [0.25, 0.3) is 5.88 Å². The van der Waals surface area contributed by atoms with Gasteiger partial charge in [0.2, 0.25) is 22.3 Å². The van der Waals surface area contributed by atoms with Gasteiger partial charge in [0.15, 0.2) is 5.95 Å². The van der Waals surface area contributed by atoms with Crippen LogP contribution in [0.25, 0.3) is 0 Å². The number of nitrogens with one attached hydrogen (secondary N) is 3. The van der Waals surface area contributed by atoms with Crippen molar-refractivity contribution in [1.82, 2.24) is 19.8 Å². The van der Waals surface area contributed by atoms with Gasteiger partial charge in [-0.2, -0.15) is 4.72 Å². The quantitative estimate of drug-likeness (QED) is 0.190. The molecule has 4 N–H and O–H groups in total. The number of amides is 1. The Morgan fingerprint density at radius 1 is 1.33 bits per heavy atom. The molecule has 13 nitrogen and oxygen atoms in total.